The summed E-state index contributed by atoms with van der Waals surface area (Å²) in [7, 11) is 6.03. The van der Waals surface area contributed by atoms with Crippen molar-refractivity contribution in [1.29, 1.82) is 0 Å². The maximum atomic E-state index is 10.1. The number of likely N-dealkylation sites (N-methyl/N-ethyl adjacent to an activating group) is 1. The Morgan fingerprint density at radius 1 is 1.21 bits per heavy atom. The summed E-state index contributed by atoms with van der Waals surface area (Å²) in [5.41, 5.74) is 7.17. The molecule has 0 aromatic carbocycles. The molecule has 208 valence electrons. The molecule has 1 unspecified atom stereocenters. The van der Waals surface area contributed by atoms with E-state index in [9.17, 15) is 5.11 Å². The first-order valence-electron chi connectivity index (χ1n) is 13.5. The first kappa shape index (κ1) is 26.9. The molecule has 1 aliphatic rings. The lowest BCUT2D eigenvalue weighted by Crippen LogP contribution is -2.32. The second-order valence-electron chi connectivity index (χ2n) is 10.6. The van der Waals surface area contributed by atoms with Crippen molar-refractivity contribution in [2.75, 3.05) is 38.7 Å². The average Bonchev–Trinajstić information content (AvgIpc) is 3.54. The summed E-state index contributed by atoms with van der Waals surface area (Å²) < 4.78 is 10.3. The van der Waals surface area contributed by atoms with Crippen molar-refractivity contribution in [3.8, 4) is 17.1 Å². The van der Waals surface area contributed by atoms with Gasteiger partial charge in [-0.25, -0.2) is 4.68 Å². The second-order valence-corrected chi connectivity index (χ2v) is 10.6. The molecular formula is C28H39N9O2. The highest BCUT2D eigenvalue weighted by atomic mass is 16.5. The third-order valence-electron chi connectivity index (χ3n) is 7.44. The summed E-state index contributed by atoms with van der Waals surface area (Å²) in [4.78, 5) is 9.27. The van der Waals surface area contributed by atoms with Gasteiger partial charge in [0.1, 0.15) is 11.6 Å². The number of pyridine rings is 1. The van der Waals surface area contributed by atoms with Gasteiger partial charge in [-0.15, -0.1) is 0 Å². The van der Waals surface area contributed by atoms with Crippen LogP contribution in [0.2, 0.25) is 0 Å². The van der Waals surface area contributed by atoms with Crippen LogP contribution in [0.15, 0.2) is 6.07 Å². The largest absolute Gasteiger partial charge is 0.473 e. The summed E-state index contributed by atoms with van der Waals surface area (Å²) in [5, 5.41) is 28.5. The number of hydrogen-bond donors (Lipinski definition) is 2. The molecular weight excluding hydrogens is 494 g/mol. The van der Waals surface area contributed by atoms with Crippen molar-refractivity contribution in [3.05, 3.63) is 34.4 Å². The fraction of sp³-hybridized carbons (Fsp3) is 0.500. The SMILES string of the molecule is CCN(C)c1nn([C@@H](C)CO)c2c1/C=C/c1[nH]nc3c(C)nc(cc13)-c1c(C)nn(C)c1OC(C)CN(C)C2. The van der Waals surface area contributed by atoms with Crippen LogP contribution in [0.5, 0.6) is 5.88 Å². The van der Waals surface area contributed by atoms with E-state index in [-0.39, 0.29) is 18.8 Å². The van der Waals surface area contributed by atoms with E-state index in [1.54, 1.807) is 4.68 Å². The van der Waals surface area contributed by atoms with Crippen molar-refractivity contribution in [1.82, 2.24) is 39.6 Å². The topological polar surface area (TPSA) is 113 Å². The van der Waals surface area contributed by atoms with E-state index in [0.717, 1.165) is 62.9 Å². The van der Waals surface area contributed by atoms with Crippen LogP contribution in [-0.4, -0.2) is 84.6 Å². The highest BCUT2D eigenvalue weighted by Crippen LogP contribution is 2.36. The van der Waals surface area contributed by atoms with Crippen LogP contribution >= 0.6 is 0 Å². The number of rotatable bonds is 4. The average molecular weight is 534 g/mol. The van der Waals surface area contributed by atoms with Gasteiger partial charge in [-0.3, -0.25) is 19.7 Å². The summed E-state index contributed by atoms with van der Waals surface area (Å²) in [6, 6.07) is 1.90. The quantitative estimate of drug-likeness (QED) is 0.409. The normalized spacial score (nSPS) is 17.8. The van der Waals surface area contributed by atoms with E-state index in [0.29, 0.717) is 19.0 Å². The molecule has 5 heterocycles. The number of fused-ring (bicyclic) bond motifs is 4. The van der Waals surface area contributed by atoms with Crippen molar-refractivity contribution in [2.45, 2.75) is 53.3 Å². The number of aliphatic hydroxyl groups excluding tert-OH is 1. The molecule has 1 aliphatic heterocycles. The molecule has 39 heavy (non-hydrogen) atoms. The molecule has 0 radical (unpaired) electrons. The maximum absolute atomic E-state index is 10.1. The zero-order valence-corrected chi connectivity index (χ0v) is 24.1. The molecule has 0 fully saturated rings. The van der Waals surface area contributed by atoms with Crippen molar-refractivity contribution < 1.29 is 9.84 Å². The molecule has 4 aromatic rings. The Labute approximate surface area is 229 Å². The van der Waals surface area contributed by atoms with Gasteiger partial charge in [0.15, 0.2) is 5.82 Å². The van der Waals surface area contributed by atoms with E-state index >= 15 is 0 Å². The highest BCUT2D eigenvalue weighted by molar-refractivity contribution is 5.94. The summed E-state index contributed by atoms with van der Waals surface area (Å²) >= 11 is 0. The monoisotopic (exact) mass is 533 g/mol. The van der Waals surface area contributed by atoms with Crippen LogP contribution in [0, 0.1) is 13.8 Å². The van der Waals surface area contributed by atoms with Gasteiger partial charge >= 0.3 is 0 Å². The van der Waals surface area contributed by atoms with E-state index in [2.05, 4.69) is 64.2 Å². The number of aliphatic hydroxyl groups is 1. The standard InChI is InChI=1S/C28H39N9O2/c1-9-35(7)27-20-10-11-22-21-12-23(29-19(5)26(21)31-30-22)25-18(4)32-36(8)28(25)39-17(3)13-34(6)14-24(20)37(33-27)16(2)15-38/h10-12,16-17,38H,9,13-15H2,1-8H3,(H,30,31)/b11-10+/t16-,17?/m0/s1. The van der Waals surface area contributed by atoms with E-state index < -0.39 is 0 Å². The summed E-state index contributed by atoms with van der Waals surface area (Å²) in [5.74, 6) is 1.57. The number of hydrogen-bond acceptors (Lipinski definition) is 8. The Kier molecular flexibility index (Phi) is 7.21. The minimum Gasteiger partial charge on any atom is -0.473 e. The molecule has 5 rings (SSSR count). The minimum atomic E-state index is -0.167. The van der Waals surface area contributed by atoms with Crippen LogP contribution < -0.4 is 9.64 Å². The van der Waals surface area contributed by atoms with Crippen molar-refractivity contribution >= 4 is 28.9 Å². The molecule has 2 bridgehead atoms. The maximum Gasteiger partial charge on any atom is 0.221 e. The number of aromatic amines is 1. The number of ether oxygens (including phenoxy) is 1. The minimum absolute atomic E-state index is 0.000795. The van der Waals surface area contributed by atoms with Gasteiger partial charge in [-0.2, -0.15) is 15.3 Å². The van der Waals surface area contributed by atoms with E-state index in [4.69, 9.17) is 14.8 Å². The smallest absolute Gasteiger partial charge is 0.221 e. The summed E-state index contributed by atoms with van der Waals surface area (Å²) in [6.45, 7) is 12.2. The number of anilines is 1. The first-order valence-corrected chi connectivity index (χ1v) is 13.5. The molecule has 0 spiro atoms. The third-order valence-corrected chi connectivity index (χ3v) is 7.44. The Hall–Kier alpha value is -3.70. The Morgan fingerprint density at radius 2 is 1.97 bits per heavy atom. The summed E-state index contributed by atoms with van der Waals surface area (Å²) in [6.07, 6.45) is 4.06. The zero-order chi connectivity index (χ0) is 28.0. The first-order chi connectivity index (χ1) is 18.6. The number of nitrogens with zero attached hydrogens (tertiary/aromatic N) is 8. The lowest BCUT2D eigenvalue weighted by molar-refractivity contribution is 0.145. The third kappa shape index (κ3) is 4.80. The van der Waals surface area contributed by atoms with Gasteiger partial charge in [-0.1, -0.05) is 0 Å². The van der Waals surface area contributed by atoms with Crippen LogP contribution in [0.4, 0.5) is 5.82 Å². The predicted octanol–water partition coefficient (Wildman–Crippen LogP) is 3.56. The molecule has 0 saturated heterocycles. The van der Waals surface area contributed by atoms with Crippen LogP contribution in [0.3, 0.4) is 0 Å². The zero-order valence-electron chi connectivity index (χ0n) is 24.1. The van der Waals surface area contributed by atoms with Crippen LogP contribution in [0.1, 0.15) is 55.2 Å². The van der Waals surface area contributed by atoms with Crippen LogP contribution in [-0.2, 0) is 13.6 Å². The molecule has 11 nitrogen and oxygen atoms in total. The lowest BCUT2D eigenvalue weighted by atomic mass is 10.1. The molecule has 2 N–H and O–H groups in total. The van der Waals surface area contributed by atoms with Crippen molar-refractivity contribution in [2.24, 2.45) is 7.05 Å². The second kappa shape index (κ2) is 10.5. The number of nitrogens with one attached hydrogen (secondary N) is 1. The Bertz CT molecular complexity index is 1530. The fourth-order valence-corrected chi connectivity index (χ4v) is 5.34. The van der Waals surface area contributed by atoms with Gasteiger partial charge in [0.25, 0.3) is 0 Å². The van der Waals surface area contributed by atoms with E-state index in [1.165, 1.54) is 0 Å². The van der Waals surface area contributed by atoms with Crippen molar-refractivity contribution in [3.63, 3.8) is 0 Å². The molecule has 0 amide bonds. The Morgan fingerprint density at radius 3 is 2.69 bits per heavy atom. The molecule has 0 aliphatic carbocycles. The molecule has 2 atom stereocenters. The van der Waals surface area contributed by atoms with Gasteiger partial charge in [-0.05, 0) is 59.9 Å². The van der Waals surface area contributed by atoms with Gasteiger partial charge in [0.2, 0.25) is 5.88 Å². The highest BCUT2D eigenvalue weighted by Gasteiger charge is 2.26. The van der Waals surface area contributed by atoms with E-state index in [1.807, 2.05) is 39.5 Å². The van der Waals surface area contributed by atoms with Gasteiger partial charge in [0, 0.05) is 44.7 Å². The lowest BCUT2D eigenvalue weighted by Gasteiger charge is -2.24. The fourth-order valence-electron chi connectivity index (χ4n) is 5.34. The predicted molar refractivity (Wildman–Crippen MR) is 154 cm³/mol. The molecule has 4 aromatic heterocycles. The Balaban J connectivity index is 1.76. The number of H-pyrrole nitrogens is 1. The van der Waals surface area contributed by atoms with Gasteiger partial charge in [0.05, 0.1) is 46.7 Å². The molecule has 11 heteroatoms. The van der Waals surface area contributed by atoms with Gasteiger partial charge < -0.3 is 14.7 Å². The number of aryl methyl sites for hydroxylation is 3. The number of aromatic nitrogens is 7. The molecule has 0 saturated carbocycles. The van der Waals surface area contributed by atoms with Crippen LogP contribution in [0.25, 0.3) is 34.3 Å².